The number of amides is 1. The van der Waals surface area contributed by atoms with Gasteiger partial charge in [0.05, 0.1) is 18.4 Å². The molecule has 148 valence electrons. The van der Waals surface area contributed by atoms with Crippen LogP contribution in [0.25, 0.3) is 11.3 Å². The van der Waals surface area contributed by atoms with Gasteiger partial charge in [-0.1, -0.05) is 37.3 Å². The standard InChI is InChI=1S/C19H28N6O.HI/c1-5-11-20-19(22-13-18(26)24(2)3)25(4)14-17-21-12-16(23-17)15-9-7-6-8-10-15;/h6-10,12H,5,11,13-14H2,1-4H3,(H,20,22)(H,21,23);1H. The average molecular weight is 484 g/mol. The van der Waals surface area contributed by atoms with Crippen LogP contribution < -0.4 is 5.32 Å². The summed E-state index contributed by atoms with van der Waals surface area (Å²) in [6.45, 7) is 3.58. The lowest BCUT2D eigenvalue weighted by Gasteiger charge is -2.21. The van der Waals surface area contributed by atoms with Crippen molar-refractivity contribution in [1.82, 2.24) is 25.1 Å². The van der Waals surface area contributed by atoms with Crippen LogP contribution in [-0.4, -0.2) is 65.9 Å². The largest absolute Gasteiger partial charge is 0.356 e. The van der Waals surface area contributed by atoms with Crippen molar-refractivity contribution in [3.05, 3.63) is 42.4 Å². The summed E-state index contributed by atoms with van der Waals surface area (Å²) in [4.78, 5) is 27.6. The normalized spacial score (nSPS) is 10.9. The number of nitrogens with zero attached hydrogens (tertiary/aromatic N) is 4. The third kappa shape index (κ3) is 7.20. The van der Waals surface area contributed by atoms with Crippen molar-refractivity contribution in [2.45, 2.75) is 19.9 Å². The number of guanidine groups is 1. The molecule has 1 aromatic carbocycles. The zero-order valence-electron chi connectivity index (χ0n) is 16.4. The van der Waals surface area contributed by atoms with E-state index < -0.39 is 0 Å². The van der Waals surface area contributed by atoms with Crippen LogP contribution in [0.5, 0.6) is 0 Å². The molecule has 27 heavy (non-hydrogen) atoms. The van der Waals surface area contributed by atoms with Crippen molar-refractivity contribution in [2.24, 2.45) is 4.99 Å². The van der Waals surface area contributed by atoms with Crippen molar-refractivity contribution >= 4 is 35.8 Å². The van der Waals surface area contributed by atoms with Gasteiger partial charge < -0.3 is 20.1 Å². The van der Waals surface area contributed by atoms with Gasteiger partial charge in [-0.2, -0.15) is 0 Å². The number of aromatic nitrogens is 2. The van der Waals surface area contributed by atoms with E-state index in [1.165, 1.54) is 0 Å². The van der Waals surface area contributed by atoms with E-state index in [1.807, 2.05) is 48.5 Å². The molecule has 0 bridgehead atoms. The van der Waals surface area contributed by atoms with Gasteiger partial charge in [-0.05, 0) is 12.0 Å². The number of halogens is 1. The highest BCUT2D eigenvalue weighted by Crippen LogP contribution is 2.16. The minimum absolute atomic E-state index is 0. The summed E-state index contributed by atoms with van der Waals surface area (Å²) < 4.78 is 0. The summed E-state index contributed by atoms with van der Waals surface area (Å²) in [5.74, 6) is 1.51. The molecule has 2 aromatic rings. The van der Waals surface area contributed by atoms with Gasteiger partial charge in [-0.25, -0.2) is 9.98 Å². The Kier molecular flexibility index (Phi) is 9.84. The number of hydrogen-bond acceptors (Lipinski definition) is 3. The van der Waals surface area contributed by atoms with Crippen LogP contribution in [0.15, 0.2) is 41.5 Å². The van der Waals surface area contributed by atoms with Gasteiger partial charge >= 0.3 is 0 Å². The van der Waals surface area contributed by atoms with E-state index in [9.17, 15) is 4.79 Å². The maximum atomic E-state index is 11.8. The highest BCUT2D eigenvalue weighted by Gasteiger charge is 2.11. The van der Waals surface area contributed by atoms with Gasteiger partial charge in [0, 0.05) is 27.7 Å². The van der Waals surface area contributed by atoms with E-state index in [-0.39, 0.29) is 36.4 Å². The summed E-state index contributed by atoms with van der Waals surface area (Å²) in [6, 6.07) is 10.1. The molecule has 0 saturated carbocycles. The summed E-state index contributed by atoms with van der Waals surface area (Å²) in [5.41, 5.74) is 2.08. The van der Waals surface area contributed by atoms with Gasteiger partial charge in [0.1, 0.15) is 12.4 Å². The third-order valence-corrected chi connectivity index (χ3v) is 3.86. The number of aliphatic imine (C=N–C) groups is 1. The quantitative estimate of drug-likeness (QED) is 0.360. The van der Waals surface area contributed by atoms with Crippen molar-refractivity contribution < 1.29 is 4.79 Å². The van der Waals surface area contributed by atoms with Crippen LogP contribution in [0.4, 0.5) is 0 Å². The Labute approximate surface area is 178 Å². The topological polar surface area (TPSA) is 76.6 Å². The first-order valence-electron chi connectivity index (χ1n) is 8.80. The summed E-state index contributed by atoms with van der Waals surface area (Å²) >= 11 is 0. The second-order valence-corrected chi connectivity index (χ2v) is 6.32. The fourth-order valence-electron chi connectivity index (χ4n) is 2.34. The number of nitrogens with one attached hydrogen (secondary N) is 2. The number of carbonyl (C=O) groups excluding carboxylic acids is 1. The number of likely N-dealkylation sites (N-methyl/N-ethyl adjacent to an activating group) is 1. The van der Waals surface area contributed by atoms with Gasteiger partial charge in [-0.15, -0.1) is 24.0 Å². The molecule has 0 radical (unpaired) electrons. The molecule has 2 N–H and O–H groups in total. The number of hydrogen-bond donors (Lipinski definition) is 2. The van der Waals surface area contributed by atoms with E-state index in [2.05, 4.69) is 27.2 Å². The van der Waals surface area contributed by atoms with Crippen LogP contribution in [0.1, 0.15) is 19.2 Å². The monoisotopic (exact) mass is 484 g/mol. The minimum Gasteiger partial charge on any atom is -0.356 e. The molecule has 1 aromatic heterocycles. The van der Waals surface area contributed by atoms with E-state index >= 15 is 0 Å². The first-order chi connectivity index (χ1) is 12.5. The zero-order chi connectivity index (χ0) is 18.9. The van der Waals surface area contributed by atoms with Crippen LogP contribution in [0.2, 0.25) is 0 Å². The van der Waals surface area contributed by atoms with E-state index in [0.717, 1.165) is 30.0 Å². The lowest BCUT2D eigenvalue weighted by molar-refractivity contribution is -0.127. The van der Waals surface area contributed by atoms with E-state index in [4.69, 9.17) is 0 Å². The number of imidazole rings is 1. The number of aromatic amines is 1. The Morgan fingerprint density at radius 2 is 1.93 bits per heavy atom. The molecule has 0 fully saturated rings. The smallest absolute Gasteiger partial charge is 0.243 e. The van der Waals surface area contributed by atoms with Crippen LogP contribution in [-0.2, 0) is 11.3 Å². The maximum absolute atomic E-state index is 11.8. The molecule has 0 saturated heterocycles. The molecule has 1 amide bonds. The molecule has 7 nitrogen and oxygen atoms in total. The highest BCUT2D eigenvalue weighted by atomic mass is 127. The number of benzene rings is 1. The molecular formula is C19H29IN6O. The maximum Gasteiger partial charge on any atom is 0.243 e. The van der Waals surface area contributed by atoms with Crippen molar-refractivity contribution in [1.29, 1.82) is 0 Å². The summed E-state index contributed by atoms with van der Waals surface area (Å²) in [5, 5.41) is 3.29. The lowest BCUT2D eigenvalue weighted by atomic mass is 10.2. The van der Waals surface area contributed by atoms with Gasteiger partial charge in [-0.3, -0.25) is 4.79 Å². The predicted octanol–water partition coefficient (Wildman–Crippen LogP) is 2.57. The highest BCUT2D eigenvalue weighted by molar-refractivity contribution is 14.0. The Balaban J connectivity index is 0.00000364. The Bertz CT molecular complexity index is 729. The molecular weight excluding hydrogens is 455 g/mol. The first kappa shape index (κ1) is 22.9. The minimum atomic E-state index is -0.0291. The summed E-state index contributed by atoms with van der Waals surface area (Å²) in [7, 11) is 5.40. The fraction of sp³-hybridized carbons (Fsp3) is 0.421. The molecule has 0 aliphatic rings. The van der Waals surface area contributed by atoms with Crippen molar-refractivity contribution in [2.75, 3.05) is 34.2 Å². The van der Waals surface area contributed by atoms with Gasteiger partial charge in [0.15, 0.2) is 5.96 Å². The van der Waals surface area contributed by atoms with Crippen LogP contribution in [0.3, 0.4) is 0 Å². The zero-order valence-corrected chi connectivity index (χ0v) is 18.7. The third-order valence-electron chi connectivity index (χ3n) is 3.86. The van der Waals surface area contributed by atoms with Crippen LogP contribution in [0, 0.1) is 0 Å². The lowest BCUT2D eigenvalue weighted by Crippen LogP contribution is -2.40. The SMILES string of the molecule is CCCNC(=NCC(=O)N(C)C)N(C)Cc1ncc(-c2ccccc2)[nH]1.I. The predicted molar refractivity (Wildman–Crippen MR) is 120 cm³/mol. The number of H-pyrrole nitrogens is 1. The molecule has 1 heterocycles. The van der Waals surface area contributed by atoms with Gasteiger partial charge in [0.25, 0.3) is 0 Å². The van der Waals surface area contributed by atoms with Gasteiger partial charge in [0.2, 0.25) is 5.91 Å². The molecule has 0 spiro atoms. The first-order valence-corrected chi connectivity index (χ1v) is 8.80. The molecule has 8 heteroatoms. The molecule has 0 atom stereocenters. The second-order valence-electron chi connectivity index (χ2n) is 6.32. The second kappa shape index (κ2) is 11.6. The van der Waals surface area contributed by atoms with Crippen molar-refractivity contribution in [3.8, 4) is 11.3 Å². The Hall–Kier alpha value is -2.10. The van der Waals surface area contributed by atoms with E-state index in [0.29, 0.717) is 12.5 Å². The molecule has 0 aliphatic carbocycles. The molecule has 0 unspecified atom stereocenters. The number of carbonyl (C=O) groups is 1. The molecule has 0 aliphatic heterocycles. The van der Waals surface area contributed by atoms with E-state index in [1.54, 1.807) is 19.0 Å². The van der Waals surface area contributed by atoms with Crippen LogP contribution >= 0.6 is 24.0 Å². The summed E-state index contributed by atoms with van der Waals surface area (Å²) in [6.07, 6.45) is 2.82. The Morgan fingerprint density at radius 3 is 2.56 bits per heavy atom. The number of rotatable bonds is 7. The molecule has 2 rings (SSSR count). The Morgan fingerprint density at radius 1 is 1.22 bits per heavy atom. The fourth-order valence-corrected chi connectivity index (χ4v) is 2.34. The average Bonchev–Trinajstić information content (AvgIpc) is 3.10. The van der Waals surface area contributed by atoms with Crippen molar-refractivity contribution in [3.63, 3.8) is 0 Å².